The molecule has 2 rings (SSSR count). The molecule has 1 atom stereocenters. The maximum atomic E-state index is 11.6. The first-order valence-electron chi connectivity index (χ1n) is 5.23. The van der Waals surface area contributed by atoms with Gasteiger partial charge in [0, 0.05) is 24.5 Å². The largest absolute Gasteiger partial charge is 0.329 e. The van der Waals surface area contributed by atoms with E-state index in [1.807, 2.05) is 0 Å². The van der Waals surface area contributed by atoms with Gasteiger partial charge in [-0.25, -0.2) is 4.79 Å². The summed E-state index contributed by atoms with van der Waals surface area (Å²) in [6, 6.07) is 0. The summed E-state index contributed by atoms with van der Waals surface area (Å²) in [6.07, 6.45) is 3.19. The number of aromatic nitrogens is 2. The van der Waals surface area contributed by atoms with E-state index in [0.717, 1.165) is 18.5 Å². The number of H-pyrrole nitrogens is 1. The smallest absolute Gasteiger partial charge is 0.325 e. The lowest BCUT2D eigenvalue weighted by molar-refractivity contribution is 0.479. The maximum absolute atomic E-state index is 11.6. The first kappa shape index (κ1) is 9.52. The summed E-state index contributed by atoms with van der Waals surface area (Å²) in [5.74, 6) is 0.687. The van der Waals surface area contributed by atoms with Crippen LogP contribution < -0.4 is 11.4 Å². The minimum Gasteiger partial charge on any atom is -0.329 e. The summed E-state index contributed by atoms with van der Waals surface area (Å²) < 4.78 is 1.79. The molecule has 1 aliphatic rings. The van der Waals surface area contributed by atoms with Crippen molar-refractivity contribution in [3.63, 3.8) is 0 Å². The van der Waals surface area contributed by atoms with Gasteiger partial charge in [-0.1, -0.05) is 6.92 Å². The molecule has 14 heavy (non-hydrogen) atoms. The van der Waals surface area contributed by atoms with Gasteiger partial charge in [-0.3, -0.25) is 4.57 Å². The Morgan fingerprint density at radius 1 is 1.64 bits per heavy atom. The molecule has 1 heterocycles. The monoisotopic (exact) mass is 195 g/mol. The lowest BCUT2D eigenvalue weighted by atomic mass is 9.91. The number of hydrogen-bond donors (Lipinski definition) is 2. The van der Waals surface area contributed by atoms with Crippen LogP contribution in [-0.2, 0) is 19.4 Å². The molecule has 0 aliphatic heterocycles. The summed E-state index contributed by atoms with van der Waals surface area (Å²) >= 11 is 0. The molecule has 1 aromatic heterocycles. The second-order valence-corrected chi connectivity index (χ2v) is 4.14. The van der Waals surface area contributed by atoms with Crippen LogP contribution in [0.1, 0.15) is 24.7 Å². The fourth-order valence-corrected chi connectivity index (χ4v) is 2.21. The maximum Gasteiger partial charge on any atom is 0.325 e. The Kier molecular flexibility index (Phi) is 2.46. The van der Waals surface area contributed by atoms with Crippen LogP contribution in [0.3, 0.4) is 0 Å². The lowest BCUT2D eigenvalue weighted by Crippen LogP contribution is -2.24. The van der Waals surface area contributed by atoms with Crippen LogP contribution in [0.2, 0.25) is 0 Å². The highest BCUT2D eigenvalue weighted by molar-refractivity contribution is 5.17. The number of aromatic amines is 1. The van der Waals surface area contributed by atoms with Crippen LogP contribution >= 0.6 is 0 Å². The third-order valence-corrected chi connectivity index (χ3v) is 2.96. The highest BCUT2D eigenvalue weighted by Gasteiger charge is 2.20. The number of rotatable bonds is 2. The van der Waals surface area contributed by atoms with Crippen LogP contribution in [0, 0.1) is 5.92 Å². The van der Waals surface area contributed by atoms with Gasteiger partial charge >= 0.3 is 5.69 Å². The molecule has 1 unspecified atom stereocenters. The van der Waals surface area contributed by atoms with E-state index in [1.54, 1.807) is 4.57 Å². The van der Waals surface area contributed by atoms with E-state index in [1.165, 1.54) is 12.1 Å². The first-order chi connectivity index (χ1) is 6.72. The van der Waals surface area contributed by atoms with Gasteiger partial charge in [0.2, 0.25) is 0 Å². The summed E-state index contributed by atoms with van der Waals surface area (Å²) in [5.41, 5.74) is 7.79. The minimum atomic E-state index is 0.00884. The van der Waals surface area contributed by atoms with Gasteiger partial charge < -0.3 is 10.7 Å². The quantitative estimate of drug-likeness (QED) is 0.711. The summed E-state index contributed by atoms with van der Waals surface area (Å²) in [4.78, 5) is 14.5. The zero-order valence-electron chi connectivity index (χ0n) is 8.55. The van der Waals surface area contributed by atoms with Gasteiger partial charge in [-0.2, -0.15) is 0 Å². The Morgan fingerprint density at radius 2 is 2.43 bits per heavy atom. The number of nitrogens with zero attached hydrogens (tertiary/aromatic N) is 1. The fourth-order valence-electron chi connectivity index (χ4n) is 2.21. The first-order valence-corrected chi connectivity index (χ1v) is 5.23. The van der Waals surface area contributed by atoms with Gasteiger partial charge in [0.05, 0.1) is 0 Å². The molecular formula is C10H17N3O. The van der Waals surface area contributed by atoms with Crippen molar-refractivity contribution in [1.82, 2.24) is 9.55 Å². The van der Waals surface area contributed by atoms with Crippen LogP contribution in [-0.4, -0.2) is 16.1 Å². The Hall–Kier alpha value is -1.03. The number of imidazole rings is 1. The molecule has 0 bridgehead atoms. The zero-order chi connectivity index (χ0) is 10.1. The highest BCUT2D eigenvalue weighted by Crippen LogP contribution is 2.22. The summed E-state index contributed by atoms with van der Waals surface area (Å²) in [5, 5.41) is 0. The van der Waals surface area contributed by atoms with Crippen molar-refractivity contribution in [3.8, 4) is 0 Å². The number of fused-ring (bicyclic) bond motifs is 1. The molecule has 0 aromatic carbocycles. The third kappa shape index (κ3) is 1.50. The van der Waals surface area contributed by atoms with Gasteiger partial charge in [0.1, 0.15) is 0 Å². The highest BCUT2D eigenvalue weighted by atomic mass is 16.1. The van der Waals surface area contributed by atoms with E-state index in [0.29, 0.717) is 19.0 Å². The predicted octanol–water partition coefficient (Wildman–Crippen LogP) is 0.260. The molecule has 0 radical (unpaired) electrons. The molecule has 0 fully saturated rings. The van der Waals surface area contributed by atoms with Gasteiger partial charge in [0.15, 0.2) is 0 Å². The van der Waals surface area contributed by atoms with E-state index in [-0.39, 0.29) is 5.69 Å². The van der Waals surface area contributed by atoms with Gasteiger partial charge in [-0.15, -0.1) is 0 Å². The number of nitrogens with two attached hydrogens (primary N) is 1. The topological polar surface area (TPSA) is 63.8 Å². The van der Waals surface area contributed by atoms with Gasteiger partial charge in [0.25, 0.3) is 0 Å². The lowest BCUT2D eigenvalue weighted by Gasteiger charge is -2.18. The van der Waals surface area contributed by atoms with Crippen LogP contribution in [0.15, 0.2) is 4.79 Å². The molecule has 0 amide bonds. The molecule has 0 saturated carbocycles. The van der Waals surface area contributed by atoms with Crippen molar-refractivity contribution < 1.29 is 0 Å². The standard InChI is InChI=1S/C10H17N3O/c1-7-2-3-9-8(6-7)12-10(14)13(9)5-4-11/h7H,2-6,11H2,1H3,(H,12,14). The fraction of sp³-hybridized carbons (Fsp3) is 0.700. The van der Waals surface area contributed by atoms with E-state index in [2.05, 4.69) is 11.9 Å². The number of nitrogens with one attached hydrogen (secondary N) is 1. The molecule has 0 saturated heterocycles. The molecule has 1 aromatic rings. The van der Waals surface area contributed by atoms with E-state index in [4.69, 9.17) is 5.73 Å². The Morgan fingerprint density at radius 3 is 3.14 bits per heavy atom. The van der Waals surface area contributed by atoms with Crippen molar-refractivity contribution in [2.75, 3.05) is 6.54 Å². The summed E-state index contributed by atoms with van der Waals surface area (Å²) in [7, 11) is 0. The zero-order valence-corrected chi connectivity index (χ0v) is 8.55. The van der Waals surface area contributed by atoms with E-state index >= 15 is 0 Å². The average Bonchev–Trinajstić information content (AvgIpc) is 2.43. The number of hydrogen-bond acceptors (Lipinski definition) is 2. The van der Waals surface area contributed by atoms with Crippen molar-refractivity contribution in [1.29, 1.82) is 0 Å². The van der Waals surface area contributed by atoms with Crippen LogP contribution in [0.25, 0.3) is 0 Å². The van der Waals surface area contributed by atoms with Crippen molar-refractivity contribution in [2.45, 2.75) is 32.7 Å². The molecule has 4 heteroatoms. The van der Waals surface area contributed by atoms with E-state index < -0.39 is 0 Å². The Bertz CT molecular complexity index is 377. The molecular weight excluding hydrogens is 178 g/mol. The Balaban J connectivity index is 2.38. The van der Waals surface area contributed by atoms with E-state index in [9.17, 15) is 4.79 Å². The van der Waals surface area contributed by atoms with Crippen molar-refractivity contribution >= 4 is 0 Å². The van der Waals surface area contributed by atoms with Crippen molar-refractivity contribution in [2.24, 2.45) is 11.7 Å². The van der Waals surface area contributed by atoms with Crippen LogP contribution in [0.5, 0.6) is 0 Å². The van der Waals surface area contributed by atoms with Gasteiger partial charge in [-0.05, 0) is 25.2 Å². The molecule has 3 N–H and O–H groups in total. The second-order valence-electron chi connectivity index (χ2n) is 4.14. The average molecular weight is 195 g/mol. The molecule has 0 spiro atoms. The van der Waals surface area contributed by atoms with Crippen molar-refractivity contribution in [3.05, 3.63) is 21.9 Å². The normalized spacial score (nSPS) is 20.9. The molecule has 78 valence electrons. The Labute approximate surface area is 83.1 Å². The molecule has 4 nitrogen and oxygen atoms in total. The minimum absolute atomic E-state index is 0.00884. The van der Waals surface area contributed by atoms with Crippen LogP contribution in [0.4, 0.5) is 0 Å². The predicted molar refractivity (Wildman–Crippen MR) is 55.3 cm³/mol. The second kappa shape index (κ2) is 3.61. The SMILES string of the molecule is CC1CCc2c([nH]c(=O)n2CCN)C1. The summed E-state index contributed by atoms with van der Waals surface area (Å²) in [6.45, 7) is 3.39. The third-order valence-electron chi connectivity index (χ3n) is 2.96. The molecule has 1 aliphatic carbocycles.